The van der Waals surface area contributed by atoms with E-state index in [4.69, 9.17) is 5.10 Å². The summed E-state index contributed by atoms with van der Waals surface area (Å²) in [4.78, 5) is 12.1. The van der Waals surface area contributed by atoms with Crippen molar-refractivity contribution in [3.63, 3.8) is 0 Å². The van der Waals surface area contributed by atoms with Crippen LogP contribution in [-0.2, 0) is 24.8 Å². The lowest BCUT2D eigenvalue weighted by molar-refractivity contribution is -0.120. The van der Waals surface area contributed by atoms with E-state index < -0.39 is 0 Å². The minimum Gasteiger partial charge on any atom is -0.352 e. The predicted molar refractivity (Wildman–Crippen MR) is 105 cm³/mol. The third-order valence-corrected chi connectivity index (χ3v) is 4.72. The van der Waals surface area contributed by atoms with Crippen LogP contribution in [0.15, 0.2) is 54.9 Å². The van der Waals surface area contributed by atoms with Crippen LogP contribution in [0.25, 0.3) is 22.2 Å². The van der Waals surface area contributed by atoms with Gasteiger partial charge in [-0.2, -0.15) is 10.2 Å². The van der Waals surface area contributed by atoms with Crippen molar-refractivity contribution in [1.29, 1.82) is 0 Å². The Labute approximate surface area is 157 Å². The molecule has 2 aromatic heterocycles. The summed E-state index contributed by atoms with van der Waals surface area (Å²) in [6.45, 7) is 2.58. The molecule has 2 N–H and O–H groups in total. The first-order valence-corrected chi connectivity index (χ1v) is 8.88. The quantitative estimate of drug-likeness (QED) is 0.575. The lowest BCUT2D eigenvalue weighted by Crippen LogP contribution is -2.24. The number of benzene rings is 2. The van der Waals surface area contributed by atoms with Gasteiger partial charge in [0.25, 0.3) is 0 Å². The number of aromatic nitrogens is 4. The third-order valence-electron chi connectivity index (χ3n) is 4.72. The van der Waals surface area contributed by atoms with Crippen LogP contribution < -0.4 is 5.32 Å². The zero-order valence-electron chi connectivity index (χ0n) is 15.4. The molecule has 0 fully saturated rings. The maximum Gasteiger partial charge on any atom is 0.224 e. The van der Waals surface area contributed by atoms with Crippen LogP contribution in [0.1, 0.15) is 16.7 Å². The molecule has 0 bridgehead atoms. The minimum absolute atomic E-state index is 0.0110. The van der Waals surface area contributed by atoms with E-state index in [0.29, 0.717) is 13.0 Å². The first kappa shape index (κ1) is 17.0. The largest absolute Gasteiger partial charge is 0.352 e. The Morgan fingerprint density at radius 1 is 1.15 bits per heavy atom. The van der Waals surface area contributed by atoms with Crippen LogP contribution in [0.3, 0.4) is 0 Å². The van der Waals surface area contributed by atoms with E-state index >= 15 is 0 Å². The predicted octanol–water partition coefficient (Wildman–Crippen LogP) is 3.13. The number of hydrogen-bond donors (Lipinski definition) is 2. The molecule has 27 heavy (non-hydrogen) atoms. The molecule has 0 spiro atoms. The molecule has 0 aliphatic heterocycles. The molecule has 0 radical (unpaired) electrons. The number of carbonyl (C=O) groups is 1. The van der Waals surface area contributed by atoms with Crippen molar-refractivity contribution in [1.82, 2.24) is 25.3 Å². The summed E-state index contributed by atoms with van der Waals surface area (Å²) in [7, 11) is 1.96. The lowest BCUT2D eigenvalue weighted by atomic mass is 10.0. The van der Waals surface area contributed by atoms with Gasteiger partial charge in [0, 0.05) is 36.3 Å². The van der Waals surface area contributed by atoms with Gasteiger partial charge in [-0.1, -0.05) is 36.4 Å². The van der Waals surface area contributed by atoms with Crippen molar-refractivity contribution in [2.45, 2.75) is 19.9 Å². The number of aromatic amines is 1. The first-order valence-electron chi connectivity index (χ1n) is 8.88. The fourth-order valence-corrected chi connectivity index (χ4v) is 3.29. The number of H-pyrrole nitrogens is 1. The number of carbonyl (C=O) groups excluding carboxylic acids is 1. The third kappa shape index (κ3) is 3.46. The number of amides is 1. The van der Waals surface area contributed by atoms with Crippen LogP contribution in [0.4, 0.5) is 0 Å². The molecule has 4 rings (SSSR count). The molecule has 6 nitrogen and oxygen atoms in total. The Hall–Kier alpha value is -3.41. The van der Waals surface area contributed by atoms with Crippen LogP contribution in [-0.4, -0.2) is 25.9 Å². The first-order chi connectivity index (χ1) is 13.1. The smallest absolute Gasteiger partial charge is 0.224 e. The number of nitrogens with one attached hydrogen (secondary N) is 2. The van der Waals surface area contributed by atoms with Gasteiger partial charge in [0.1, 0.15) is 5.69 Å². The molecule has 2 aromatic carbocycles. The zero-order valence-corrected chi connectivity index (χ0v) is 15.4. The lowest BCUT2D eigenvalue weighted by Gasteiger charge is -2.05. The summed E-state index contributed by atoms with van der Waals surface area (Å²) < 4.78 is 1.91. The van der Waals surface area contributed by atoms with Gasteiger partial charge in [-0.3, -0.25) is 14.6 Å². The molecular formula is C21H21N5O. The van der Waals surface area contributed by atoms with Crippen molar-refractivity contribution in [2.75, 3.05) is 0 Å². The molecule has 6 heteroatoms. The van der Waals surface area contributed by atoms with Crippen molar-refractivity contribution in [2.24, 2.45) is 7.05 Å². The molecule has 0 saturated carbocycles. The maximum absolute atomic E-state index is 12.1. The van der Waals surface area contributed by atoms with Crippen molar-refractivity contribution < 1.29 is 4.79 Å². The van der Waals surface area contributed by atoms with E-state index in [1.54, 1.807) is 12.4 Å². The van der Waals surface area contributed by atoms with Gasteiger partial charge in [-0.05, 0) is 24.1 Å². The number of fused-ring (bicyclic) bond motifs is 1. The number of aryl methyl sites for hydroxylation is 2. The van der Waals surface area contributed by atoms with E-state index in [9.17, 15) is 4.79 Å². The average Bonchev–Trinajstić information content (AvgIpc) is 3.30. The second-order valence-electron chi connectivity index (χ2n) is 6.70. The highest BCUT2D eigenvalue weighted by Gasteiger charge is 2.13. The van der Waals surface area contributed by atoms with Crippen molar-refractivity contribution >= 4 is 16.8 Å². The topological polar surface area (TPSA) is 75.6 Å². The van der Waals surface area contributed by atoms with Gasteiger partial charge in [0.2, 0.25) is 5.91 Å². The zero-order chi connectivity index (χ0) is 18.8. The van der Waals surface area contributed by atoms with Crippen LogP contribution in [0.5, 0.6) is 0 Å². The van der Waals surface area contributed by atoms with Crippen LogP contribution in [0.2, 0.25) is 0 Å². The molecular weight excluding hydrogens is 338 g/mol. The van der Waals surface area contributed by atoms with Gasteiger partial charge in [0.15, 0.2) is 0 Å². The summed E-state index contributed by atoms with van der Waals surface area (Å²) in [5.41, 5.74) is 6.28. The van der Waals surface area contributed by atoms with E-state index in [2.05, 4.69) is 34.6 Å². The fourth-order valence-electron chi connectivity index (χ4n) is 3.29. The molecule has 0 aliphatic carbocycles. The SMILES string of the molecule is Cc1cccc2c1c(-c1ccc(CC(=O)NCc3cn[nH]c3)cc1)nn2C. The standard InChI is InChI=1S/C21H21N5O/c1-14-4-3-5-18-20(14)21(25-26(18)2)17-8-6-15(7-9-17)10-19(27)22-11-16-12-23-24-13-16/h3-9,12-13H,10-11H2,1-2H3,(H,22,27)(H,23,24). The summed E-state index contributed by atoms with van der Waals surface area (Å²) in [5.74, 6) is -0.0110. The van der Waals surface area contributed by atoms with Gasteiger partial charge in [-0.25, -0.2) is 0 Å². The van der Waals surface area contributed by atoms with Gasteiger partial charge in [0.05, 0.1) is 18.1 Å². The Bertz CT molecular complexity index is 1080. The number of rotatable bonds is 5. The van der Waals surface area contributed by atoms with E-state index in [1.165, 1.54) is 10.9 Å². The Kier molecular flexibility index (Phi) is 4.46. The fraction of sp³-hybridized carbons (Fsp3) is 0.190. The Morgan fingerprint density at radius 3 is 2.70 bits per heavy atom. The molecule has 0 unspecified atom stereocenters. The molecule has 0 aliphatic rings. The molecule has 0 saturated heterocycles. The second kappa shape index (κ2) is 7.07. The number of nitrogens with zero attached hydrogens (tertiary/aromatic N) is 3. The monoisotopic (exact) mass is 359 g/mol. The summed E-state index contributed by atoms with van der Waals surface area (Å²) in [6, 6.07) is 14.3. The van der Waals surface area contributed by atoms with E-state index in [0.717, 1.165) is 27.9 Å². The van der Waals surface area contributed by atoms with Crippen molar-refractivity contribution in [3.05, 3.63) is 71.5 Å². The normalized spacial score (nSPS) is 11.0. The van der Waals surface area contributed by atoms with Gasteiger partial charge < -0.3 is 5.32 Å². The highest BCUT2D eigenvalue weighted by molar-refractivity contribution is 5.95. The van der Waals surface area contributed by atoms with E-state index in [1.807, 2.05) is 42.1 Å². The van der Waals surface area contributed by atoms with Crippen molar-refractivity contribution in [3.8, 4) is 11.3 Å². The number of hydrogen-bond acceptors (Lipinski definition) is 3. The van der Waals surface area contributed by atoms with Crippen LogP contribution >= 0.6 is 0 Å². The summed E-state index contributed by atoms with van der Waals surface area (Å²) in [6.07, 6.45) is 3.82. The van der Waals surface area contributed by atoms with Gasteiger partial charge >= 0.3 is 0 Å². The molecule has 0 atom stereocenters. The highest BCUT2D eigenvalue weighted by atomic mass is 16.1. The second-order valence-corrected chi connectivity index (χ2v) is 6.70. The Balaban J connectivity index is 1.50. The van der Waals surface area contributed by atoms with Gasteiger partial charge in [-0.15, -0.1) is 0 Å². The summed E-state index contributed by atoms with van der Waals surface area (Å²) in [5, 5.41) is 15.4. The molecule has 136 valence electrons. The van der Waals surface area contributed by atoms with E-state index in [-0.39, 0.29) is 5.91 Å². The molecule has 2 heterocycles. The minimum atomic E-state index is -0.0110. The highest BCUT2D eigenvalue weighted by Crippen LogP contribution is 2.30. The maximum atomic E-state index is 12.1. The molecule has 1 amide bonds. The van der Waals surface area contributed by atoms with Crippen LogP contribution in [0, 0.1) is 6.92 Å². The Morgan fingerprint density at radius 2 is 1.96 bits per heavy atom. The molecule has 4 aromatic rings. The summed E-state index contributed by atoms with van der Waals surface area (Å²) >= 11 is 0. The average molecular weight is 359 g/mol.